The van der Waals surface area contributed by atoms with Crippen LogP contribution in [0.25, 0.3) is 0 Å². The lowest BCUT2D eigenvalue weighted by molar-refractivity contribution is -0.157. The van der Waals surface area contributed by atoms with Crippen molar-refractivity contribution in [3.63, 3.8) is 0 Å². The second kappa shape index (κ2) is 9.73. The zero-order valence-electron chi connectivity index (χ0n) is 19.5. The molecular formula is C24H35N5O2S. The summed E-state index contributed by atoms with van der Waals surface area (Å²) >= 11 is 1.70. The van der Waals surface area contributed by atoms with Gasteiger partial charge in [0.1, 0.15) is 0 Å². The SMILES string of the molecule is CCCN1C(=O)C2CCC(C(=O)NC(C)C)CC2N2C(SCc3ccc(C)cc3)=NNC12. The highest BCUT2D eigenvalue weighted by molar-refractivity contribution is 8.13. The summed E-state index contributed by atoms with van der Waals surface area (Å²) < 4.78 is 0. The van der Waals surface area contributed by atoms with Gasteiger partial charge in [-0.05, 0) is 52.0 Å². The quantitative estimate of drug-likeness (QED) is 0.686. The van der Waals surface area contributed by atoms with Crippen LogP contribution in [-0.4, -0.2) is 51.7 Å². The van der Waals surface area contributed by atoms with Gasteiger partial charge < -0.3 is 15.1 Å². The Balaban J connectivity index is 1.54. The molecule has 4 atom stereocenters. The molecule has 1 aliphatic carbocycles. The fourth-order valence-electron chi connectivity index (χ4n) is 5.01. The van der Waals surface area contributed by atoms with Crippen molar-refractivity contribution in [3.05, 3.63) is 35.4 Å². The highest BCUT2D eigenvalue weighted by Crippen LogP contribution is 2.41. The third kappa shape index (κ3) is 4.60. The average molecular weight is 458 g/mol. The third-order valence-corrected chi connectivity index (χ3v) is 7.62. The van der Waals surface area contributed by atoms with Crippen LogP contribution >= 0.6 is 11.8 Å². The Hall–Kier alpha value is -2.22. The van der Waals surface area contributed by atoms with Crippen molar-refractivity contribution < 1.29 is 9.59 Å². The van der Waals surface area contributed by atoms with Gasteiger partial charge in [0.05, 0.1) is 5.92 Å². The second-order valence-corrected chi connectivity index (χ2v) is 10.4. The Morgan fingerprint density at radius 2 is 2.03 bits per heavy atom. The largest absolute Gasteiger partial charge is 0.354 e. The normalized spacial score (nSPS) is 27.0. The fourth-order valence-corrected chi connectivity index (χ4v) is 6.00. The van der Waals surface area contributed by atoms with Crippen LogP contribution in [-0.2, 0) is 15.3 Å². The number of thioether (sulfide) groups is 1. The van der Waals surface area contributed by atoms with Gasteiger partial charge in [-0.2, -0.15) is 5.10 Å². The van der Waals surface area contributed by atoms with Gasteiger partial charge in [0, 0.05) is 30.3 Å². The zero-order chi connectivity index (χ0) is 22.8. The van der Waals surface area contributed by atoms with Crippen molar-refractivity contribution in [1.82, 2.24) is 20.5 Å². The molecule has 2 N–H and O–H groups in total. The number of rotatable bonds is 6. The Bertz CT molecular complexity index is 872. The van der Waals surface area contributed by atoms with Gasteiger partial charge >= 0.3 is 0 Å². The first-order chi connectivity index (χ1) is 15.4. The molecule has 0 bridgehead atoms. The summed E-state index contributed by atoms with van der Waals surface area (Å²) in [5.74, 6) is 0.991. The monoisotopic (exact) mass is 457 g/mol. The summed E-state index contributed by atoms with van der Waals surface area (Å²) in [5, 5.41) is 8.64. The number of hydrogen-bond donors (Lipinski definition) is 2. The van der Waals surface area contributed by atoms with E-state index >= 15 is 0 Å². The number of nitrogens with one attached hydrogen (secondary N) is 2. The number of carbonyl (C=O) groups excluding carboxylic acids is 2. The molecule has 2 aliphatic heterocycles. The minimum absolute atomic E-state index is 0.00321. The first-order valence-electron chi connectivity index (χ1n) is 11.8. The lowest BCUT2D eigenvalue weighted by Gasteiger charge is -2.51. The fraction of sp³-hybridized carbons (Fsp3) is 0.625. The number of nitrogens with zero attached hydrogens (tertiary/aromatic N) is 3. The summed E-state index contributed by atoms with van der Waals surface area (Å²) in [6.45, 7) is 8.87. The molecule has 32 heavy (non-hydrogen) atoms. The lowest BCUT2D eigenvalue weighted by atomic mass is 9.75. The van der Waals surface area contributed by atoms with E-state index in [0.717, 1.165) is 30.2 Å². The maximum atomic E-state index is 13.4. The predicted molar refractivity (Wildman–Crippen MR) is 129 cm³/mol. The molecule has 1 saturated heterocycles. The van der Waals surface area contributed by atoms with E-state index in [9.17, 15) is 9.59 Å². The van der Waals surface area contributed by atoms with Crippen LogP contribution in [0.5, 0.6) is 0 Å². The Kier molecular flexibility index (Phi) is 6.98. The summed E-state index contributed by atoms with van der Waals surface area (Å²) in [5.41, 5.74) is 5.73. The number of hydrazone groups is 1. The van der Waals surface area contributed by atoms with Gasteiger partial charge in [0.15, 0.2) is 11.5 Å². The van der Waals surface area contributed by atoms with Crippen molar-refractivity contribution in [1.29, 1.82) is 0 Å². The lowest BCUT2D eigenvalue weighted by Crippen LogP contribution is -2.68. The molecule has 2 heterocycles. The number of benzene rings is 1. The summed E-state index contributed by atoms with van der Waals surface area (Å²) in [4.78, 5) is 30.4. The van der Waals surface area contributed by atoms with Crippen LogP contribution in [0.15, 0.2) is 29.4 Å². The van der Waals surface area contributed by atoms with Gasteiger partial charge in [-0.15, -0.1) is 0 Å². The Labute approximate surface area is 195 Å². The number of amides is 2. The van der Waals surface area contributed by atoms with E-state index in [4.69, 9.17) is 0 Å². The van der Waals surface area contributed by atoms with Gasteiger partial charge in [0.25, 0.3) is 0 Å². The van der Waals surface area contributed by atoms with Crippen LogP contribution < -0.4 is 10.7 Å². The first-order valence-corrected chi connectivity index (χ1v) is 12.8. The minimum Gasteiger partial charge on any atom is -0.354 e. The molecule has 8 heteroatoms. The second-order valence-electron chi connectivity index (χ2n) is 9.46. The highest BCUT2D eigenvalue weighted by Gasteiger charge is 2.52. The van der Waals surface area contributed by atoms with Crippen molar-refractivity contribution in [2.75, 3.05) is 6.54 Å². The van der Waals surface area contributed by atoms with Crippen LogP contribution in [0.3, 0.4) is 0 Å². The molecule has 2 fully saturated rings. The molecule has 2 amide bonds. The van der Waals surface area contributed by atoms with Crippen LogP contribution in [0.1, 0.15) is 57.6 Å². The Morgan fingerprint density at radius 3 is 2.72 bits per heavy atom. The van der Waals surface area contributed by atoms with E-state index in [2.05, 4.69) is 58.9 Å². The predicted octanol–water partition coefficient (Wildman–Crippen LogP) is 3.25. The summed E-state index contributed by atoms with van der Waals surface area (Å²) in [7, 11) is 0. The average Bonchev–Trinajstić information content (AvgIpc) is 3.19. The number of fused-ring (bicyclic) bond motifs is 3. The molecule has 4 unspecified atom stereocenters. The van der Waals surface area contributed by atoms with Crippen molar-refractivity contribution >= 4 is 28.7 Å². The highest BCUT2D eigenvalue weighted by atomic mass is 32.2. The first kappa shape index (κ1) is 23.0. The van der Waals surface area contributed by atoms with E-state index in [1.54, 1.807) is 11.8 Å². The summed E-state index contributed by atoms with van der Waals surface area (Å²) in [6, 6.07) is 8.69. The molecule has 174 valence electrons. The summed E-state index contributed by atoms with van der Waals surface area (Å²) in [6.07, 6.45) is 2.85. The molecule has 0 spiro atoms. The van der Waals surface area contributed by atoms with E-state index in [1.165, 1.54) is 11.1 Å². The van der Waals surface area contributed by atoms with Crippen molar-refractivity contribution in [3.8, 4) is 0 Å². The smallest absolute Gasteiger partial charge is 0.230 e. The molecule has 4 rings (SSSR count). The van der Waals surface area contributed by atoms with Crippen LogP contribution in [0, 0.1) is 18.8 Å². The number of hydrogen-bond acceptors (Lipinski definition) is 6. The molecule has 1 saturated carbocycles. The minimum atomic E-state index is -0.254. The maximum Gasteiger partial charge on any atom is 0.230 e. The van der Waals surface area contributed by atoms with Crippen molar-refractivity contribution in [2.45, 2.75) is 77.5 Å². The molecule has 0 radical (unpaired) electrons. The van der Waals surface area contributed by atoms with E-state index < -0.39 is 0 Å². The van der Waals surface area contributed by atoms with Crippen LogP contribution in [0.4, 0.5) is 0 Å². The molecular weight excluding hydrogens is 422 g/mol. The molecule has 3 aliphatic rings. The standard InChI is InChI=1S/C24H35N5O2S/c1-5-12-28-22(31)19-11-10-18(21(30)25-15(2)3)13-20(19)29-23(28)26-27-24(29)32-14-17-8-6-16(4)7-9-17/h6-9,15,18-20,23,26H,5,10-14H2,1-4H3,(H,25,30). The van der Waals surface area contributed by atoms with Gasteiger partial charge in [-0.3, -0.25) is 15.0 Å². The van der Waals surface area contributed by atoms with Crippen molar-refractivity contribution in [2.24, 2.45) is 16.9 Å². The van der Waals surface area contributed by atoms with Gasteiger partial charge in [-0.25, -0.2) is 0 Å². The van der Waals surface area contributed by atoms with E-state index in [0.29, 0.717) is 13.0 Å². The van der Waals surface area contributed by atoms with Crippen LogP contribution in [0.2, 0.25) is 0 Å². The number of aryl methyl sites for hydroxylation is 1. The molecule has 1 aromatic carbocycles. The van der Waals surface area contributed by atoms with E-state index in [1.807, 2.05) is 18.7 Å². The Morgan fingerprint density at radius 1 is 1.28 bits per heavy atom. The number of carbonyl (C=O) groups is 2. The topological polar surface area (TPSA) is 77.0 Å². The molecule has 0 aromatic heterocycles. The van der Waals surface area contributed by atoms with Gasteiger partial charge in [-0.1, -0.05) is 48.5 Å². The molecule has 7 nitrogen and oxygen atoms in total. The number of amidine groups is 1. The third-order valence-electron chi connectivity index (χ3n) is 6.58. The maximum absolute atomic E-state index is 13.4. The van der Waals surface area contributed by atoms with Gasteiger partial charge in [0.2, 0.25) is 11.8 Å². The van der Waals surface area contributed by atoms with E-state index in [-0.39, 0.29) is 42.0 Å². The zero-order valence-corrected chi connectivity index (χ0v) is 20.3. The molecule has 1 aromatic rings.